The van der Waals surface area contributed by atoms with Gasteiger partial charge < -0.3 is 0 Å². The lowest BCUT2D eigenvalue weighted by Gasteiger charge is -1.88. The van der Waals surface area contributed by atoms with Crippen LogP contribution in [-0.4, -0.2) is 15.0 Å². The van der Waals surface area contributed by atoms with Crippen LogP contribution in [0, 0.1) is 0 Å². The topological polar surface area (TPSA) is 30.7 Å². The lowest BCUT2D eigenvalue weighted by Crippen LogP contribution is -1.96. The Morgan fingerprint density at radius 3 is 2.38 bits per heavy atom. The first-order chi connectivity index (χ1) is 3.97. The number of nitrogens with zero attached hydrogens (tertiary/aromatic N) is 3. The molecule has 0 bridgehead atoms. The molecule has 0 atom stereocenters. The Bertz CT molecular complexity index is 164. The van der Waals surface area contributed by atoms with Crippen molar-refractivity contribution in [2.45, 2.75) is 18.9 Å². The molecule has 0 radical (unpaired) electrons. The van der Waals surface area contributed by atoms with Crippen LogP contribution in [0.1, 0.15) is 18.9 Å². The van der Waals surface area contributed by atoms with Crippen molar-refractivity contribution in [3.63, 3.8) is 0 Å². The fourth-order valence-electron chi connectivity index (χ4n) is 0.720. The van der Waals surface area contributed by atoms with Gasteiger partial charge in [0.1, 0.15) is 0 Å². The molecule has 3 heteroatoms. The van der Waals surface area contributed by atoms with Crippen LogP contribution in [0.4, 0.5) is 0 Å². The minimum Gasteiger partial charge on any atom is -0.182 e. The van der Waals surface area contributed by atoms with Crippen molar-refractivity contribution >= 4 is 0 Å². The van der Waals surface area contributed by atoms with Gasteiger partial charge in [-0.15, -0.1) is 0 Å². The van der Waals surface area contributed by atoms with Crippen LogP contribution >= 0.6 is 0 Å². The van der Waals surface area contributed by atoms with Gasteiger partial charge in [-0.2, -0.15) is 15.0 Å². The highest BCUT2D eigenvalue weighted by atomic mass is 15.5. The SMILES string of the molecule is c1cnn(C2CC2)n1. The van der Waals surface area contributed by atoms with Crippen LogP contribution in [0.2, 0.25) is 0 Å². The van der Waals surface area contributed by atoms with Gasteiger partial charge in [0, 0.05) is 0 Å². The molecule has 0 aliphatic heterocycles. The Morgan fingerprint density at radius 2 is 1.88 bits per heavy atom. The number of rotatable bonds is 1. The lowest BCUT2D eigenvalue weighted by atomic mass is 10.8. The standard InChI is InChI=1S/C5H7N3/c1-2-5(1)8-6-3-4-7-8/h3-5H,1-2H2. The van der Waals surface area contributed by atoms with E-state index in [1.165, 1.54) is 12.8 Å². The van der Waals surface area contributed by atoms with E-state index in [4.69, 9.17) is 0 Å². The molecule has 0 saturated heterocycles. The van der Waals surface area contributed by atoms with Gasteiger partial charge in [0.15, 0.2) is 0 Å². The van der Waals surface area contributed by atoms with Gasteiger partial charge in [-0.1, -0.05) is 0 Å². The zero-order valence-electron chi connectivity index (χ0n) is 4.49. The molecule has 0 N–H and O–H groups in total. The maximum Gasteiger partial charge on any atom is 0.0718 e. The molecule has 42 valence electrons. The summed E-state index contributed by atoms with van der Waals surface area (Å²) in [6, 6.07) is 0.630. The Hall–Kier alpha value is -0.860. The maximum absolute atomic E-state index is 3.98. The van der Waals surface area contributed by atoms with Gasteiger partial charge in [0.05, 0.1) is 18.4 Å². The van der Waals surface area contributed by atoms with Gasteiger partial charge >= 0.3 is 0 Å². The van der Waals surface area contributed by atoms with Crippen molar-refractivity contribution < 1.29 is 0 Å². The van der Waals surface area contributed by atoms with Crippen molar-refractivity contribution in [3.05, 3.63) is 12.4 Å². The summed E-state index contributed by atoms with van der Waals surface area (Å²) in [5.74, 6) is 0. The van der Waals surface area contributed by atoms with Crippen molar-refractivity contribution in [1.82, 2.24) is 15.0 Å². The molecule has 3 nitrogen and oxygen atoms in total. The summed E-state index contributed by atoms with van der Waals surface area (Å²) in [6.45, 7) is 0. The summed E-state index contributed by atoms with van der Waals surface area (Å²) in [5, 5.41) is 7.97. The zero-order chi connectivity index (χ0) is 5.40. The number of aromatic nitrogens is 3. The Labute approximate surface area is 47.3 Å². The van der Waals surface area contributed by atoms with Crippen LogP contribution in [0.3, 0.4) is 0 Å². The molecule has 1 aromatic rings. The largest absolute Gasteiger partial charge is 0.182 e. The molecule has 1 fully saturated rings. The van der Waals surface area contributed by atoms with E-state index < -0.39 is 0 Å². The molecule has 0 spiro atoms. The number of hydrogen-bond acceptors (Lipinski definition) is 2. The van der Waals surface area contributed by atoms with Crippen LogP contribution in [0.15, 0.2) is 12.4 Å². The first-order valence-corrected chi connectivity index (χ1v) is 2.82. The van der Waals surface area contributed by atoms with Crippen LogP contribution in [-0.2, 0) is 0 Å². The third kappa shape index (κ3) is 0.510. The van der Waals surface area contributed by atoms with E-state index in [9.17, 15) is 0 Å². The smallest absolute Gasteiger partial charge is 0.0718 e. The van der Waals surface area contributed by atoms with Crippen LogP contribution < -0.4 is 0 Å². The van der Waals surface area contributed by atoms with E-state index in [1.54, 1.807) is 17.2 Å². The van der Waals surface area contributed by atoms with E-state index in [2.05, 4.69) is 10.2 Å². The predicted molar refractivity (Wildman–Crippen MR) is 28.3 cm³/mol. The molecule has 0 aromatic carbocycles. The van der Waals surface area contributed by atoms with Gasteiger partial charge in [-0.25, -0.2) is 0 Å². The third-order valence-corrected chi connectivity index (χ3v) is 1.31. The lowest BCUT2D eigenvalue weighted by molar-refractivity contribution is 0.553. The summed E-state index contributed by atoms with van der Waals surface area (Å²) in [7, 11) is 0. The summed E-state index contributed by atoms with van der Waals surface area (Å²) in [6.07, 6.45) is 5.96. The molecule has 2 rings (SSSR count). The molecular formula is C5H7N3. The summed E-state index contributed by atoms with van der Waals surface area (Å²) in [4.78, 5) is 1.78. The van der Waals surface area contributed by atoms with Gasteiger partial charge in [-0.05, 0) is 12.8 Å². The van der Waals surface area contributed by atoms with Crippen molar-refractivity contribution in [2.75, 3.05) is 0 Å². The quantitative estimate of drug-likeness (QED) is 0.529. The molecule has 8 heavy (non-hydrogen) atoms. The van der Waals surface area contributed by atoms with E-state index in [0.29, 0.717) is 6.04 Å². The van der Waals surface area contributed by atoms with E-state index in [-0.39, 0.29) is 0 Å². The van der Waals surface area contributed by atoms with Gasteiger partial charge in [-0.3, -0.25) is 0 Å². The van der Waals surface area contributed by atoms with Gasteiger partial charge in [0.2, 0.25) is 0 Å². The van der Waals surface area contributed by atoms with Crippen molar-refractivity contribution in [2.24, 2.45) is 0 Å². The second-order valence-electron chi connectivity index (χ2n) is 2.08. The minimum atomic E-state index is 0.630. The van der Waals surface area contributed by atoms with E-state index in [0.717, 1.165) is 0 Å². The Balaban J connectivity index is 2.28. The zero-order valence-corrected chi connectivity index (χ0v) is 4.49. The fraction of sp³-hybridized carbons (Fsp3) is 0.600. The second-order valence-corrected chi connectivity index (χ2v) is 2.08. The highest BCUT2D eigenvalue weighted by molar-refractivity contribution is 4.77. The Morgan fingerprint density at radius 1 is 1.25 bits per heavy atom. The minimum absolute atomic E-state index is 0.630. The van der Waals surface area contributed by atoms with Crippen LogP contribution in [0.5, 0.6) is 0 Å². The van der Waals surface area contributed by atoms with Gasteiger partial charge in [0.25, 0.3) is 0 Å². The highest BCUT2D eigenvalue weighted by Gasteiger charge is 2.24. The van der Waals surface area contributed by atoms with E-state index >= 15 is 0 Å². The third-order valence-electron chi connectivity index (χ3n) is 1.31. The average molecular weight is 109 g/mol. The molecule has 1 aromatic heterocycles. The summed E-state index contributed by atoms with van der Waals surface area (Å²) < 4.78 is 0. The second kappa shape index (κ2) is 1.31. The summed E-state index contributed by atoms with van der Waals surface area (Å²) in [5.41, 5.74) is 0. The first kappa shape index (κ1) is 4.06. The monoisotopic (exact) mass is 109 g/mol. The number of hydrogen-bond donors (Lipinski definition) is 0. The molecule has 1 aliphatic rings. The first-order valence-electron chi connectivity index (χ1n) is 2.82. The molecule has 0 unspecified atom stereocenters. The van der Waals surface area contributed by atoms with Crippen molar-refractivity contribution in [3.8, 4) is 0 Å². The molecule has 1 aliphatic carbocycles. The predicted octanol–water partition coefficient (Wildman–Crippen LogP) is 0.613. The molecular weight excluding hydrogens is 102 g/mol. The van der Waals surface area contributed by atoms with Crippen molar-refractivity contribution in [1.29, 1.82) is 0 Å². The average Bonchev–Trinajstić information content (AvgIpc) is 2.49. The van der Waals surface area contributed by atoms with E-state index in [1.807, 2.05) is 0 Å². The molecule has 1 saturated carbocycles. The fourth-order valence-corrected chi connectivity index (χ4v) is 0.720. The highest BCUT2D eigenvalue weighted by Crippen LogP contribution is 2.32. The maximum atomic E-state index is 3.98. The normalized spacial score (nSPS) is 19.0. The molecule has 0 amide bonds. The molecule has 1 heterocycles. The Kier molecular flexibility index (Phi) is 0.664. The van der Waals surface area contributed by atoms with Crippen LogP contribution in [0.25, 0.3) is 0 Å². The summed E-state index contributed by atoms with van der Waals surface area (Å²) >= 11 is 0.